The summed E-state index contributed by atoms with van der Waals surface area (Å²) in [5.74, 6) is 0.756. The molecule has 0 aliphatic heterocycles. The van der Waals surface area contributed by atoms with E-state index >= 15 is 0 Å². The van der Waals surface area contributed by atoms with Crippen LogP contribution in [-0.2, 0) is 6.54 Å². The molecule has 1 aromatic heterocycles. The summed E-state index contributed by atoms with van der Waals surface area (Å²) in [6, 6.07) is 6.04. The number of aromatic nitrogens is 1. The minimum absolute atomic E-state index is 0. The Morgan fingerprint density at radius 2 is 2.00 bits per heavy atom. The molecule has 1 rings (SSSR count). The zero-order chi connectivity index (χ0) is 12.0. The third-order valence-electron chi connectivity index (χ3n) is 2.60. The molecule has 0 atom stereocenters. The zero-order valence-electron chi connectivity index (χ0n) is 11.4. The lowest BCUT2D eigenvalue weighted by Gasteiger charge is -2.27. The molecule has 98 valence electrons. The van der Waals surface area contributed by atoms with Crippen LogP contribution in [0.2, 0.25) is 0 Å². The van der Waals surface area contributed by atoms with Gasteiger partial charge in [0.15, 0.2) is 0 Å². The van der Waals surface area contributed by atoms with E-state index in [-0.39, 0.29) is 12.4 Å². The Bertz CT molecular complexity index is 296. The van der Waals surface area contributed by atoms with E-state index in [0.717, 1.165) is 24.7 Å². The molecule has 0 saturated carbocycles. The van der Waals surface area contributed by atoms with Gasteiger partial charge in [-0.1, -0.05) is 33.8 Å². The van der Waals surface area contributed by atoms with Crippen LogP contribution in [0, 0.1) is 11.3 Å². The van der Waals surface area contributed by atoms with E-state index in [1.807, 2.05) is 18.3 Å². The first-order valence-electron chi connectivity index (χ1n) is 6.10. The molecule has 0 fully saturated rings. The molecular formula is C14H25ClN2. The van der Waals surface area contributed by atoms with Gasteiger partial charge in [-0.2, -0.15) is 0 Å². The fourth-order valence-corrected chi connectivity index (χ4v) is 2.21. The van der Waals surface area contributed by atoms with Gasteiger partial charge in [-0.3, -0.25) is 4.98 Å². The van der Waals surface area contributed by atoms with Crippen molar-refractivity contribution in [2.45, 2.75) is 40.7 Å². The number of hydrogen-bond donors (Lipinski definition) is 1. The first-order valence-corrected chi connectivity index (χ1v) is 6.10. The van der Waals surface area contributed by atoms with E-state index in [9.17, 15) is 0 Å². The Morgan fingerprint density at radius 1 is 1.29 bits per heavy atom. The van der Waals surface area contributed by atoms with Crippen molar-refractivity contribution < 1.29 is 0 Å². The summed E-state index contributed by atoms with van der Waals surface area (Å²) in [4.78, 5) is 4.30. The van der Waals surface area contributed by atoms with Gasteiger partial charge < -0.3 is 5.32 Å². The summed E-state index contributed by atoms with van der Waals surface area (Å²) in [6.45, 7) is 11.1. The Morgan fingerprint density at radius 3 is 2.53 bits per heavy atom. The van der Waals surface area contributed by atoms with Gasteiger partial charge >= 0.3 is 0 Å². The van der Waals surface area contributed by atoms with E-state index in [2.05, 4.69) is 44.1 Å². The van der Waals surface area contributed by atoms with Crippen molar-refractivity contribution in [2.24, 2.45) is 11.3 Å². The number of halogens is 1. The highest BCUT2D eigenvalue weighted by molar-refractivity contribution is 5.85. The third-order valence-corrected chi connectivity index (χ3v) is 2.60. The van der Waals surface area contributed by atoms with Gasteiger partial charge in [0.25, 0.3) is 0 Å². The van der Waals surface area contributed by atoms with Crippen molar-refractivity contribution >= 4 is 12.4 Å². The van der Waals surface area contributed by atoms with E-state index in [4.69, 9.17) is 0 Å². The van der Waals surface area contributed by atoms with E-state index in [1.165, 1.54) is 6.42 Å². The van der Waals surface area contributed by atoms with Crippen LogP contribution in [0.1, 0.15) is 39.8 Å². The molecule has 1 N–H and O–H groups in total. The summed E-state index contributed by atoms with van der Waals surface area (Å²) in [5.41, 5.74) is 1.48. The van der Waals surface area contributed by atoms with Crippen molar-refractivity contribution in [1.29, 1.82) is 0 Å². The van der Waals surface area contributed by atoms with Gasteiger partial charge in [-0.25, -0.2) is 0 Å². The van der Waals surface area contributed by atoms with Crippen molar-refractivity contribution in [2.75, 3.05) is 6.54 Å². The third kappa shape index (κ3) is 7.35. The van der Waals surface area contributed by atoms with Crippen LogP contribution in [0.4, 0.5) is 0 Å². The summed E-state index contributed by atoms with van der Waals surface area (Å²) >= 11 is 0. The smallest absolute Gasteiger partial charge is 0.0541 e. The Hall–Kier alpha value is -0.600. The molecular weight excluding hydrogens is 232 g/mol. The molecule has 0 aliphatic rings. The van der Waals surface area contributed by atoms with Gasteiger partial charge in [0.05, 0.1) is 5.69 Å². The number of nitrogens with one attached hydrogen (secondary N) is 1. The SMILES string of the molecule is CC(C)CC(C)(C)CNCc1ccccn1.Cl. The van der Waals surface area contributed by atoms with Gasteiger partial charge in [0.1, 0.15) is 0 Å². The van der Waals surface area contributed by atoms with Crippen molar-refractivity contribution in [1.82, 2.24) is 10.3 Å². The molecule has 2 nitrogen and oxygen atoms in total. The predicted molar refractivity (Wildman–Crippen MR) is 76.4 cm³/mol. The van der Waals surface area contributed by atoms with Crippen molar-refractivity contribution in [3.63, 3.8) is 0 Å². The average Bonchev–Trinajstić information content (AvgIpc) is 2.16. The Balaban J connectivity index is 0.00000256. The fourth-order valence-electron chi connectivity index (χ4n) is 2.21. The molecule has 0 aromatic carbocycles. The Labute approximate surface area is 112 Å². The maximum absolute atomic E-state index is 4.30. The monoisotopic (exact) mass is 256 g/mol. The topological polar surface area (TPSA) is 24.9 Å². The molecule has 1 aromatic rings. The minimum Gasteiger partial charge on any atom is -0.311 e. The summed E-state index contributed by atoms with van der Waals surface area (Å²) < 4.78 is 0. The quantitative estimate of drug-likeness (QED) is 0.840. The minimum atomic E-state index is 0. The van der Waals surface area contributed by atoms with Crippen molar-refractivity contribution in [3.05, 3.63) is 30.1 Å². The number of nitrogens with zero attached hydrogens (tertiary/aromatic N) is 1. The van der Waals surface area contributed by atoms with Crippen LogP contribution in [0.25, 0.3) is 0 Å². The van der Waals surface area contributed by atoms with Crippen LogP contribution in [-0.4, -0.2) is 11.5 Å². The van der Waals surface area contributed by atoms with Crippen LogP contribution in [0.5, 0.6) is 0 Å². The highest BCUT2D eigenvalue weighted by Crippen LogP contribution is 2.24. The lowest BCUT2D eigenvalue weighted by molar-refractivity contribution is 0.272. The molecule has 3 heteroatoms. The van der Waals surface area contributed by atoms with Gasteiger partial charge in [0.2, 0.25) is 0 Å². The first-order chi connectivity index (χ1) is 7.49. The molecule has 0 aliphatic carbocycles. The maximum atomic E-state index is 4.30. The number of rotatable bonds is 6. The molecule has 0 spiro atoms. The van der Waals surface area contributed by atoms with Crippen LogP contribution < -0.4 is 5.32 Å². The normalized spacial score (nSPS) is 11.4. The molecule has 0 amide bonds. The highest BCUT2D eigenvalue weighted by atomic mass is 35.5. The second-order valence-corrected chi connectivity index (χ2v) is 5.69. The number of hydrogen-bond acceptors (Lipinski definition) is 2. The van der Waals surface area contributed by atoms with Gasteiger partial charge in [0, 0.05) is 19.3 Å². The molecule has 0 unspecified atom stereocenters. The van der Waals surface area contributed by atoms with Gasteiger partial charge in [-0.15, -0.1) is 12.4 Å². The average molecular weight is 257 g/mol. The van der Waals surface area contributed by atoms with Crippen molar-refractivity contribution in [3.8, 4) is 0 Å². The lowest BCUT2D eigenvalue weighted by Crippen LogP contribution is -2.30. The lowest BCUT2D eigenvalue weighted by atomic mass is 9.84. The first kappa shape index (κ1) is 16.4. The van der Waals surface area contributed by atoms with Gasteiger partial charge in [-0.05, 0) is 29.9 Å². The summed E-state index contributed by atoms with van der Waals surface area (Å²) in [5, 5.41) is 3.48. The van der Waals surface area contributed by atoms with E-state index in [0.29, 0.717) is 5.41 Å². The summed E-state index contributed by atoms with van der Waals surface area (Å²) in [7, 11) is 0. The highest BCUT2D eigenvalue weighted by Gasteiger charge is 2.18. The van der Waals surface area contributed by atoms with Crippen LogP contribution >= 0.6 is 12.4 Å². The van der Waals surface area contributed by atoms with E-state index < -0.39 is 0 Å². The molecule has 0 radical (unpaired) electrons. The second kappa shape index (κ2) is 7.67. The zero-order valence-corrected chi connectivity index (χ0v) is 12.2. The molecule has 0 bridgehead atoms. The maximum Gasteiger partial charge on any atom is 0.0541 e. The van der Waals surface area contributed by atoms with Crippen LogP contribution in [0.3, 0.4) is 0 Å². The predicted octanol–water partition coefficient (Wildman–Crippen LogP) is 3.67. The Kier molecular flexibility index (Phi) is 7.40. The van der Waals surface area contributed by atoms with E-state index in [1.54, 1.807) is 0 Å². The second-order valence-electron chi connectivity index (χ2n) is 5.69. The number of pyridine rings is 1. The molecule has 0 saturated heterocycles. The fraction of sp³-hybridized carbons (Fsp3) is 0.643. The molecule has 1 heterocycles. The standard InChI is InChI=1S/C14H24N2.ClH/c1-12(2)9-14(3,4)11-15-10-13-7-5-6-8-16-13;/h5-8,12,15H,9-11H2,1-4H3;1H. The van der Waals surface area contributed by atoms with Crippen LogP contribution in [0.15, 0.2) is 24.4 Å². The summed E-state index contributed by atoms with van der Waals surface area (Å²) in [6.07, 6.45) is 3.10. The molecule has 17 heavy (non-hydrogen) atoms. The largest absolute Gasteiger partial charge is 0.311 e.